The number of carbonyl (C=O) groups excluding carboxylic acids is 4. The van der Waals surface area contributed by atoms with Crippen molar-refractivity contribution < 1.29 is 38.1 Å². The van der Waals surface area contributed by atoms with Gasteiger partial charge in [-0.3, -0.25) is 9.59 Å². The lowest BCUT2D eigenvalue weighted by molar-refractivity contribution is -0.160. The lowest BCUT2D eigenvalue weighted by atomic mass is 9.75. The molecule has 232 valence electrons. The van der Waals surface area contributed by atoms with Crippen molar-refractivity contribution in [1.82, 2.24) is 5.32 Å². The highest BCUT2D eigenvalue weighted by atomic mass is 32.2. The maximum absolute atomic E-state index is 12.8. The van der Waals surface area contributed by atoms with Crippen molar-refractivity contribution in [2.45, 2.75) is 98.3 Å². The van der Waals surface area contributed by atoms with E-state index in [0.29, 0.717) is 18.1 Å². The zero-order valence-electron chi connectivity index (χ0n) is 25.5. The molecule has 0 saturated carbocycles. The summed E-state index contributed by atoms with van der Waals surface area (Å²) < 4.78 is 20.5. The minimum Gasteiger partial charge on any atom is -0.469 e. The number of rotatable bonds is 24. The molecule has 0 saturated heterocycles. The zero-order chi connectivity index (χ0) is 30.3. The Morgan fingerprint density at radius 2 is 1.40 bits per heavy atom. The number of nitrogens with one attached hydrogen (secondary N) is 1. The van der Waals surface area contributed by atoms with Crippen LogP contribution in [0.1, 0.15) is 98.3 Å². The molecule has 0 spiro atoms. The number of ether oxygens (including phenoxy) is 4. The summed E-state index contributed by atoms with van der Waals surface area (Å²) in [6.07, 6.45) is 12.8. The van der Waals surface area contributed by atoms with Crippen LogP contribution in [0.4, 0.5) is 4.79 Å². The highest BCUT2D eigenvalue weighted by molar-refractivity contribution is 7.99. The van der Waals surface area contributed by atoms with Crippen LogP contribution in [-0.4, -0.2) is 69.0 Å². The molecule has 1 amide bonds. The van der Waals surface area contributed by atoms with Gasteiger partial charge in [-0.1, -0.05) is 71.3 Å². The molecule has 0 aliphatic rings. The lowest BCUT2D eigenvalue weighted by Crippen LogP contribution is -2.40. The first-order chi connectivity index (χ1) is 19.0. The topological polar surface area (TPSA) is 117 Å². The number of amides is 1. The van der Waals surface area contributed by atoms with Crippen molar-refractivity contribution in [2.75, 3.05) is 45.0 Å². The first-order valence-corrected chi connectivity index (χ1v) is 15.7. The van der Waals surface area contributed by atoms with Crippen LogP contribution >= 0.6 is 11.8 Å². The minimum absolute atomic E-state index is 0.0175. The van der Waals surface area contributed by atoms with E-state index >= 15 is 0 Å². The summed E-state index contributed by atoms with van der Waals surface area (Å²) in [4.78, 5) is 48.2. The van der Waals surface area contributed by atoms with Gasteiger partial charge in [0.2, 0.25) is 0 Å². The molecule has 1 atom stereocenters. The van der Waals surface area contributed by atoms with Gasteiger partial charge in [0.05, 0.1) is 31.1 Å². The average molecular weight is 588 g/mol. The van der Waals surface area contributed by atoms with Gasteiger partial charge >= 0.3 is 24.0 Å². The predicted molar refractivity (Wildman–Crippen MR) is 159 cm³/mol. The number of carbonyl (C=O) groups is 4. The summed E-state index contributed by atoms with van der Waals surface area (Å²) in [7, 11) is 1.33. The number of thioether (sulfide) groups is 1. The number of hydrogen-bond acceptors (Lipinski definition) is 9. The van der Waals surface area contributed by atoms with Crippen molar-refractivity contribution in [3.8, 4) is 0 Å². The van der Waals surface area contributed by atoms with Gasteiger partial charge in [-0.2, -0.15) is 11.8 Å². The molecule has 0 aromatic rings. The van der Waals surface area contributed by atoms with E-state index in [9.17, 15) is 19.2 Å². The van der Waals surface area contributed by atoms with Gasteiger partial charge in [-0.05, 0) is 33.6 Å². The molecule has 0 aliphatic carbocycles. The smallest absolute Gasteiger partial charge is 0.407 e. The molecular weight excluding hydrogens is 534 g/mol. The van der Waals surface area contributed by atoms with Crippen LogP contribution in [0.15, 0.2) is 12.7 Å². The Kier molecular flexibility index (Phi) is 21.2. The van der Waals surface area contributed by atoms with Gasteiger partial charge in [0.15, 0.2) is 0 Å². The Balaban J connectivity index is 4.35. The second kappa shape index (κ2) is 22.5. The number of unbranched alkanes of at least 4 members (excludes halogenated alkanes) is 9. The first kappa shape index (κ1) is 37.8. The normalized spacial score (nSPS) is 12.6. The summed E-state index contributed by atoms with van der Waals surface area (Å²) in [6.45, 7) is 11.5. The number of hydrogen-bond donors (Lipinski definition) is 1. The van der Waals surface area contributed by atoms with Crippen LogP contribution in [0, 0.1) is 10.8 Å². The lowest BCUT2D eigenvalue weighted by Gasteiger charge is -2.33. The summed E-state index contributed by atoms with van der Waals surface area (Å²) in [6, 6.07) is 0. The van der Waals surface area contributed by atoms with Crippen molar-refractivity contribution in [3.05, 3.63) is 12.7 Å². The van der Waals surface area contributed by atoms with Crippen molar-refractivity contribution in [2.24, 2.45) is 10.8 Å². The highest BCUT2D eigenvalue weighted by Gasteiger charge is 2.43. The van der Waals surface area contributed by atoms with Crippen molar-refractivity contribution in [1.29, 1.82) is 0 Å². The maximum atomic E-state index is 12.8. The van der Waals surface area contributed by atoms with Gasteiger partial charge in [-0.25, -0.2) is 9.59 Å². The van der Waals surface area contributed by atoms with Gasteiger partial charge in [0.1, 0.15) is 13.2 Å². The minimum atomic E-state index is -0.920. The zero-order valence-corrected chi connectivity index (χ0v) is 26.3. The fraction of sp³-hybridized carbons (Fsp3) is 0.800. The monoisotopic (exact) mass is 587 g/mol. The largest absolute Gasteiger partial charge is 0.469 e. The molecule has 9 nitrogen and oxygen atoms in total. The van der Waals surface area contributed by atoms with Gasteiger partial charge in [-0.15, -0.1) is 0 Å². The van der Waals surface area contributed by atoms with Gasteiger partial charge < -0.3 is 24.3 Å². The third-order valence-corrected chi connectivity index (χ3v) is 7.75. The highest BCUT2D eigenvalue weighted by Crippen LogP contribution is 2.38. The van der Waals surface area contributed by atoms with E-state index < -0.39 is 28.9 Å². The molecule has 40 heavy (non-hydrogen) atoms. The molecule has 0 aromatic carbocycles. The quantitative estimate of drug-likeness (QED) is 0.0606. The molecule has 10 heteroatoms. The SMILES string of the molecule is C=CC(=O)OCCNC(=O)OCCSCC(C)(CC(C)(C)C(=O)OCCCCCCCCCCCC)C(=O)OC. The third kappa shape index (κ3) is 18.2. The molecule has 0 aliphatic heterocycles. The van der Waals surface area contributed by atoms with E-state index in [1.54, 1.807) is 20.8 Å². The van der Waals surface area contributed by atoms with E-state index in [-0.39, 0.29) is 32.1 Å². The number of esters is 3. The Bertz CT molecular complexity index is 758. The molecule has 0 heterocycles. The fourth-order valence-corrected chi connectivity index (χ4v) is 5.35. The Morgan fingerprint density at radius 3 is 1.98 bits per heavy atom. The van der Waals surface area contributed by atoms with E-state index in [0.717, 1.165) is 25.3 Å². The van der Waals surface area contributed by atoms with E-state index in [2.05, 4.69) is 18.8 Å². The third-order valence-electron chi connectivity index (χ3n) is 6.46. The first-order valence-electron chi connectivity index (χ1n) is 14.6. The molecular formula is C30H53NO8S. The van der Waals surface area contributed by atoms with E-state index in [1.165, 1.54) is 63.8 Å². The van der Waals surface area contributed by atoms with Crippen LogP contribution in [-0.2, 0) is 33.3 Å². The molecule has 0 fully saturated rings. The Hall–Kier alpha value is -2.23. The molecule has 0 aromatic heterocycles. The maximum Gasteiger partial charge on any atom is 0.407 e. The predicted octanol–water partition coefficient (Wildman–Crippen LogP) is 6.23. The standard InChI is InChI=1S/C30H53NO8S/c1-7-9-10-11-12-13-14-15-16-17-19-38-26(33)29(3,4)23-30(5,27(34)36-6)24-40-22-21-39-28(35)31-18-20-37-25(32)8-2/h8H,2,7,9-24H2,1,3-6H3,(H,31,35). The second-order valence-corrected chi connectivity index (χ2v) is 12.0. The Morgan fingerprint density at radius 1 is 0.800 bits per heavy atom. The molecule has 0 bridgehead atoms. The molecule has 0 radical (unpaired) electrons. The molecule has 1 unspecified atom stereocenters. The van der Waals surface area contributed by atoms with Gasteiger partial charge in [0.25, 0.3) is 0 Å². The van der Waals surface area contributed by atoms with Crippen molar-refractivity contribution >= 4 is 35.8 Å². The Labute approximate surface area is 245 Å². The van der Waals surface area contributed by atoms with E-state index in [1.807, 2.05) is 0 Å². The summed E-state index contributed by atoms with van der Waals surface area (Å²) in [5.41, 5.74) is -1.79. The van der Waals surface area contributed by atoms with Crippen LogP contribution in [0.2, 0.25) is 0 Å². The number of methoxy groups -OCH3 is 1. The molecule has 0 rings (SSSR count). The van der Waals surface area contributed by atoms with Crippen LogP contribution in [0.25, 0.3) is 0 Å². The van der Waals surface area contributed by atoms with Crippen LogP contribution < -0.4 is 5.32 Å². The average Bonchev–Trinajstić information content (AvgIpc) is 2.92. The molecule has 1 N–H and O–H groups in total. The second-order valence-electron chi connectivity index (χ2n) is 10.9. The van der Waals surface area contributed by atoms with Crippen LogP contribution in [0.5, 0.6) is 0 Å². The van der Waals surface area contributed by atoms with Crippen molar-refractivity contribution in [3.63, 3.8) is 0 Å². The summed E-state index contributed by atoms with van der Waals surface area (Å²) in [5, 5.41) is 2.47. The van der Waals surface area contributed by atoms with E-state index in [4.69, 9.17) is 18.9 Å². The van der Waals surface area contributed by atoms with Gasteiger partial charge in [0, 0.05) is 17.6 Å². The summed E-state index contributed by atoms with van der Waals surface area (Å²) >= 11 is 1.43. The fourth-order valence-electron chi connectivity index (χ4n) is 4.33. The number of alkyl carbamates (subject to hydrolysis) is 1. The van der Waals surface area contributed by atoms with Crippen LogP contribution in [0.3, 0.4) is 0 Å². The summed E-state index contributed by atoms with van der Waals surface area (Å²) in [5.74, 6) is -0.441.